The number of rotatable bonds is 12. The van der Waals surface area contributed by atoms with Gasteiger partial charge >= 0.3 is 0 Å². The minimum Gasteiger partial charge on any atom is -0.407 e. The Kier molecular flexibility index (Phi) is 10.1. The van der Waals surface area contributed by atoms with Crippen molar-refractivity contribution in [2.45, 2.75) is 50.5 Å². The molecule has 7 nitrogen and oxygen atoms in total. The molecule has 0 amide bonds. The normalized spacial score (nSPS) is 12.4. The fraction of sp³-hybridized carbons (Fsp3) is 0.229. The standard InChI is InChI=1S/C35H38N4O3S2Si/c1-27-15-18-30(19-16-27)44(40,41)39-37-23-21-29-26-43-34(38-29)33-20-17-28(25-36-33)22-24-42-45(35(2,3)4,31-11-7-5-8-12-31)32-13-9-6-10-14-32/h5-20,23,25-26,39H,21-22,24H2,1-4H3. The number of aryl methyl sites for hydroxylation is 1. The molecule has 10 heteroatoms. The largest absolute Gasteiger partial charge is 0.407 e. The van der Waals surface area contributed by atoms with Gasteiger partial charge in [-0.2, -0.15) is 13.5 Å². The van der Waals surface area contributed by atoms with Crippen LogP contribution < -0.4 is 15.2 Å². The summed E-state index contributed by atoms with van der Waals surface area (Å²) >= 11 is 1.50. The van der Waals surface area contributed by atoms with Crippen LogP contribution in [0, 0.1) is 6.92 Å². The fourth-order valence-corrected chi connectivity index (χ4v) is 11.5. The number of hydrogen-bond donors (Lipinski definition) is 1. The molecule has 0 fully saturated rings. The van der Waals surface area contributed by atoms with Crippen LogP contribution in [0.15, 0.2) is 119 Å². The van der Waals surface area contributed by atoms with Crippen LogP contribution in [0.25, 0.3) is 10.7 Å². The van der Waals surface area contributed by atoms with E-state index in [-0.39, 0.29) is 9.93 Å². The van der Waals surface area contributed by atoms with E-state index in [0.717, 1.165) is 33.9 Å². The molecular formula is C35H38N4O3S2Si. The first-order valence-corrected chi connectivity index (χ1v) is 19.1. The summed E-state index contributed by atoms with van der Waals surface area (Å²) in [6, 6.07) is 32.0. The first-order chi connectivity index (χ1) is 21.6. The van der Waals surface area contributed by atoms with E-state index < -0.39 is 18.3 Å². The van der Waals surface area contributed by atoms with E-state index in [0.29, 0.717) is 13.0 Å². The number of thiazole rings is 1. The van der Waals surface area contributed by atoms with Gasteiger partial charge in [0.15, 0.2) is 0 Å². The third-order valence-electron chi connectivity index (χ3n) is 7.62. The highest BCUT2D eigenvalue weighted by Gasteiger charge is 2.49. The highest BCUT2D eigenvalue weighted by atomic mass is 32.2. The van der Waals surface area contributed by atoms with Gasteiger partial charge in [-0.1, -0.05) is 105 Å². The second-order valence-corrected chi connectivity index (χ2v) is 18.7. The van der Waals surface area contributed by atoms with Gasteiger partial charge in [-0.05, 0) is 52.5 Å². The van der Waals surface area contributed by atoms with Crippen molar-refractivity contribution in [1.29, 1.82) is 0 Å². The minimum atomic E-state index is -3.71. The average Bonchev–Trinajstić information content (AvgIpc) is 3.51. The molecule has 0 aliphatic heterocycles. The third kappa shape index (κ3) is 7.65. The van der Waals surface area contributed by atoms with Gasteiger partial charge in [0.05, 0.1) is 16.3 Å². The van der Waals surface area contributed by atoms with E-state index in [1.165, 1.54) is 27.9 Å². The Morgan fingerprint density at radius 3 is 2.13 bits per heavy atom. The Bertz CT molecular complexity index is 1780. The zero-order valence-corrected chi connectivity index (χ0v) is 28.6. The summed E-state index contributed by atoms with van der Waals surface area (Å²) in [6.45, 7) is 9.35. The van der Waals surface area contributed by atoms with Crippen LogP contribution in [0.4, 0.5) is 0 Å². The summed E-state index contributed by atoms with van der Waals surface area (Å²) < 4.78 is 31.8. The van der Waals surface area contributed by atoms with Crippen LogP contribution in [-0.4, -0.2) is 39.5 Å². The molecule has 0 saturated carbocycles. The topological polar surface area (TPSA) is 93.5 Å². The number of hydrogen-bond acceptors (Lipinski definition) is 7. The molecule has 5 aromatic rings. The number of nitrogens with zero attached hydrogens (tertiary/aromatic N) is 3. The average molecular weight is 655 g/mol. The van der Waals surface area contributed by atoms with Crippen molar-refractivity contribution < 1.29 is 12.8 Å². The Balaban J connectivity index is 1.21. The molecule has 2 heterocycles. The van der Waals surface area contributed by atoms with Gasteiger partial charge in [0, 0.05) is 30.8 Å². The van der Waals surface area contributed by atoms with E-state index >= 15 is 0 Å². The maximum absolute atomic E-state index is 12.4. The quantitative estimate of drug-likeness (QED) is 0.0992. The first kappa shape index (κ1) is 32.4. The summed E-state index contributed by atoms with van der Waals surface area (Å²) in [5.74, 6) is 0. The van der Waals surface area contributed by atoms with Crippen molar-refractivity contribution in [2.75, 3.05) is 6.61 Å². The number of pyridine rings is 1. The van der Waals surface area contributed by atoms with Crippen LogP contribution >= 0.6 is 11.3 Å². The van der Waals surface area contributed by atoms with Gasteiger partial charge in [0.2, 0.25) is 0 Å². The second kappa shape index (κ2) is 14.0. The summed E-state index contributed by atoms with van der Waals surface area (Å²) in [4.78, 5) is 11.8. The molecular weight excluding hydrogens is 617 g/mol. The maximum Gasteiger partial charge on any atom is 0.276 e. The summed E-state index contributed by atoms with van der Waals surface area (Å²) in [6.07, 6.45) is 4.54. The van der Waals surface area contributed by atoms with Crippen LogP contribution in [0.1, 0.15) is 37.6 Å². The molecule has 3 aromatic carbocycles. The fourth-order valence-electron chi connectivity index (χ4n) is 5.32. The van der Waals surface area contributed by atoms with Gasteiger partial charge in [-0.15, -0.1) is 11.3 Å². The Morgan fingerprint density at radius 1 is 0.911 bits per heavy atom. The van der Waals surface area contributed by atoms with E-state index in [1.54, 1.807) is 24.3 Å². The summed E-state index contributed by atoms with van der Waals surface area (Å²) in [5, 5.41) is 9.11. The number of nitrogens with one attached hydrogen (secondary N) is 1. The molecule has 232 valence electrons. The molecule has 0 unspecified atom stereocenters. The van der Waals surface area contributed by atoms with Crippen LogP contribution in [-0.2, 0) is 27.3 Å². The lowest BCUT2D eigenvalue weighted by atomic mass is 10.2. The number of sulfonamides is 1. The smallest absolute Gasteiger partial charge is 0.276 e. The SMILES string of the molecule is Cc1ccc(S(=O)(=O)NN=CCc2csc(-c3ccc(CCO[Si](c4ccccc4)(c4ccccc4)C(C)(C)C)cn3)n2)cc1. The van der Waals surface area contributed by atoms with Gasteiger partial charge in [-0.25, -0.2) is 9.82 Å². The number of benzene rings is 3. The van der Waals surface area contributed by atoms with Crippen LogP contribution in [0.2, 0.25) is 5.04 Å². The maximum atomic E-state index is 12.4. The highest BCUT2D eigenvalue weighted by Crippen LogP contribution is 2.36. The van der Waals surface area contributed by atoms with Crippen molar-refractivity contribution in [2.24, 2.45) is 5.10 Å². The Labute approximate surface area is 271 Å². The zero-order valence-electron chi connectivity index (χ0n) is 26.0. The Hall–Kier alpha value is -3.96. The molecule has 0 aliphatic carbocycles. The van der Waals surface area contributed by atoms with Crippen LogP contribution in [0.5, 0.6) is 0 Å². The Morgan fingerprint density at radius 2 is 1.56 bits per heavy atom. The third-order valence-corrected chi connectivity index (χ3v) is 14.8. The van der Waals surface area contributed by atoms with Crippen molar-refractivity contribution in [1.82, 2.24) is 14.8 Å². The van der Waals surface area contributed by atoms with Gasteiger partial charge in [0.1, 0.15) is 5.01 Å². The number of hydrazone groups is 1. The predicted molar refractivity (Wildman–Crippen MR) is 186 cm³/mol. The van der Waals surface area contributed by atoms with Gasteiger partial charge in [-0.3, -0.25) is 4.98 Å². The molecule has 0 atom stereocenters. The van der Waals surface area contributed by atoms with Crippen LogP contribution in [0.3, 0.4) is 0 Å². The molecule has 1 N–H and O–H groups in total. The molecule has 0 saturated heterocycles. The molecule has 0 aliphatic rings. The molecule has 2 aromatic heterocycles. The lowest BCUT2D eigenvalue weighted by Crippen LogP contribution is -2.66. The first-order valence-electron chi connectivity index (χ1n) is 14.8. The molecule has 45 heavy (non-hydrogen) atoms. The van der Waals surface area contributed by atoms with Crippen molar-refractivity contribution in [3.8, 4) is 10.7 Å². The van der Waals surface area contributed by atoms with E-state index in [4.69, 9.17) is 4.43 Å². The molecule has 0 bridgehead atoms. The summed E-state index contributed by atoms with van der Waals surface area (Å²) in [5.41, 5.74) is 3.67. The van der Waals surface area contributed by atoms with Crippen molar-refractivity contribution in [3.63, 3.8) is 0 Å². The van der Waals surface area contributed by atoms with Crippen molar-refractivity contribution in [3.05, 3.63) is 125 Å². The lowest BCUT2D eigenvalue weighted by molar-refractivity contribution is 0.301. The summed E-state index contributed by atoms with van der Waals surface area (Å²) in [7, 11) is -6.29. The van der Waals surface area contributed by atoms with Gasteiger partial charge < -0.3 is 4.43 Å². The molecule has 0 radical (unpaired) electrons. The van der Waals surface area contributed by atoms with E-state index in [2.05, 4.69) is 107 Å². The monoisotopic (exact) mass is 654 g/mol. The minimum absolute atomic E-state index is 0.0729. The molecule has 0 spiro atoms. The van der Waals surface area contributed by atoms with Gasteiger partial charge in [0.25, 0.3) is 18.3 Å². The van der Waals surface area contributed by atoms with Crippen molar-refractivity contribution >= 4 is 46.3 Å². The second-order valence-electron chi connectivity index (χ2n) is 11.9. The lowest BCUT2D eigenvalue weighted by Gasteiger charge is -2.43. The number of aromatic nitrogens is 2. The van der Waals surface area contributed by atoms with E-state index in [1.807, 2.05) is 24.6 Å². The predicted octanol–water partition coefficient (Wildman–Crippen LogP) is 6.14. The highest BCUT2D eigenvalue weighted by molar-refractivity contribution is 7.89. The van der Waals surface area contributed by atoms with E-state index in [9.17, 15) is 8.42 Å². The molecule has 5 rings (SSSR count). The zero-order chi connectivity index (χ0) is 31.9.